The lowest BCUT2D eigenvalue weighted by Gasteiger charge is -2.30. The minimum Gasteiger partial charge on any atom is -0.376 e. The van der Waals surface area contributed by atoms with Gasteiger partial charge < -0.3 is 24.9 Å². The van der Waals surface area contributed by atoms with Crippen LogP contribution in [0.4, 0.5) is 23.7 Å². The Hall–Kier alpha value is -3.31. The number of alkyl halides is 3. The number of hydroxylamine groups is 2. The maximum Gasteiger partial charge on any atom is 0.428 e. The van der Waals surface area contributed by atoms with Crippen molar-refractivity contribution >= 4 is 17.7 Å². The molecule has 1 N–H and O–H groups in total. The van der Waals surface area contributed by atoms with Crippen molar-refractivity contribution in [2.45, 2.75) is 25.7 Å². The van der Waals surface area contributed by atoms with Crippen molar-refractivity contribution in [2.24, 2.45) is 0 Å². The summed E-state index contributed by atoms with van der Waals surface area (Å²) < 4.78 is 40.6. The monoisotopic (exact) mass is 521 g/mol. The summed E-state index contributed by atoms with van der Waals surface area (Å²) in [6.45, 7) is 1.45. The zero-order valence-corrected chi connectivity index (χ0v) is 21.6. The van der Waals surface area contributed by atoms with Crippen molar-refractivity contribution in [3.05, 3.63) is 64.7 Å². The molecule has 0 saturated carbocycles. The van der Waals surface area contributed by atoms with Crippen LogP contribution in [-0.2, 0) is 35.3 Å². The molecule has 1 heterocycles. The molecule has 0 radical (unpaired) electrons. The fourth-order valence-electron chi connectivity index (χ4n) is 4.03. The van der Waals surface area contributed by atoms with Crippen LogP contribution in [0.1, 0.15) is 22.3 Å². The summed E-state index contributed by atoms with van der Waals surface area (Å²) in [5.74, 6) is -0.317. The Morgan fingerprint density at radius 2 is 1.76 bits per heavy atom. The minimum atomic E-state index is -4.50. The molecule has 11 heteroatoms. The van der Waals surface area contributed by atoms with E-state index in [0.29, 0.717) is 26.1 Å². The molecule has 0 unspecified atom stereocenters. The maximum absolute atomic E-state index is 13.5. The van der Waals surface area contributed by atoms with E-state index in [1.54, 1.807) is 25.2 Å². The van der Waals surface area contributed by atoms with Crippen LogP contribution >= 0.6 is 0 Å². The number of likely N-dealkylation sites (N-methyl/N-ethyl adjacent to an activating group) is 1. The highest BCUT2D eigenvalue weighted by atomic mass is 19.4. The summed E-state index contributed by atoms with van der Waals surface area (Å²) in [7, 11) is 6.90. The molecule has 0 bridgehead atoms. The van der Waals surface area contributed by atoms with E-state index in [9.17, 15) is 22.8 Å². The Labute approximate surface area is 215 Å². The van der Waals surface area contributed by atoms with Gasteiger partial charge in [-0.05, 0) is 49.3 Å². The van der Waals surface area contributed by atoms with Crippen molar-refractivity contribution in [1.29, 1.82) is 0 Å². The lowest BCUT2D eigenvalue weighted by Crippen LogP contribution is -2.40. The first-order valence-corrected chi connectivity index (χ1v) is 12.0. The van der Waals surface area contributed by atoms with E-state index in [1.165, 1.54) is 21.9 Å². The molecular formula is C26H34F3N5O3. The summed E-state index contributed by atoms with van der Waals surface area (Å²) in [6, 6.07) is 11.0. The van der Waals surface area contributed by atoms with Crippen LogP contribution in [0.3, 0.4) is 0 Å². The molecule has 37 heavy (non-hydrogen) atoms. The average molecular weight is 522 g/mol. The second kappa shape index (κ2) is 12.3. The average Bonchev–Trinajstić information content (AvgIpc) is 2.84. The largest absolute Gasteiger partial charge is 0.428 e. The summed E-state index contributed by atoms with van der Waals surface area (Å²) in [5, 5.41) is 4.74. The van der Waals surface area contributed by atoms with Gasteiger partial charge in [0.2, 0.25) is 5.91 Å². The molecule has 8 nitrogen and oxygen atoms in total. The number of anilines is 1. The lowest BCUT2D eigenvalue weighted by atomic mass is 9.99. The number of hydrogen-bond acceptors (Lipinski definition) is 6. The van der Waals surface area contributed by atoms with Gasteiger partial charge in [-0.2, -0.15) is 13.2 Å². The molecule has 0 aromatic heterocycles. The predicted molar refractivity (Wildman–Crippen MR) is 135 cm³/mol. The van der Waals surface area contributed by atoms with Crippen molar-refractivity contribution in [1.82, 2.24) is 19.8 Å². The van der Waals surface area contributed by atoms with Crippen LogP contribution in [0.25, 0.3) is 0 Å². The van der Waals surface area contributed by atoms with Gasteiger partial charge in [0.15, 0.2) is 0 Å². The number of rotatable bonds is 9. The highest BCUT2D eigenvalue weighted by Crippen LogP contribution is 2.32. The number of carbonyl (C=O) groups is 2. The van der Waals surface area contributed by atoms with Crippen LogP contribution in [-0.4, -0.2) is 86.1 Å². The molecule has 3 rings (SSSR count). The molecule has 0 aliphatic carbocycles. The third-order valence-corrected chi connectivity index (χ3v) is 6.09. The van der Waals surface area contributed by atoms with Crippen LogP contribution in [0.15, 0.2) is 42.5 Å². The zero-order chi connectivity index (χ0) is 27.2. The topological polar surface area (TPSA) is 68.4 Å². The molecule has 1 aliphatic heterocycles. The van der Waals surface area contributed by atoms with Crippen LogP contribution in [0, 0.1) is 0 Å². The van der Waals surface area contributed by atoms with Gasteiger partial charge in [-0.25, -0.2) is 4.79 Å². The number of amides is 2. The zero-order valence-electron chi connectivity index (χ0n) is 21.6. The SMILES string of the molecule is CN(C)CCN(Cc1ccccc1C(F)(F)F)C(=O)CNc1cccc2c1CN(OC(=O)N(C)C)CC2. The van der Waals surface area contributed by atoms with Crippen molar-refractivity contribution in [3.63, 3.8) is 0 Å². The molecule has 2 aromatic rings. The molecule has 0 atom stereocenters. The molecule has 202 valence electrons. The quantitative estimate of drug-likeness (QED) is 0.543. The Morgan fingerprint density at radius 1 is 1.03 bits per heavy atom. The number of nitrogens with one attached hydrogen (secondary N) is 1. The Kier molecular flexibility index (Phi) is 9.39. The van der Waals surface area contributed by atoms with Gasteiger partial charge in [0.05, 0.1) is 18.7 Å². The Balaban J connectivity index is 1.74. The summed E-state index contributed by atoms with van der Waals surface area (Å²) in [6.07, 6.45) is -4.31. The first-order valence-electron chi connectivity index (χ1n) is 12.0. The molecule has 0 fully saturated rings. The van der Waals surface area contributed by atoms with Crippen molar-refractivity contribution in [2.75, 3.05) is 59.7 Å². The Bertz CT molecular complexity index is 1090. The fraction of sp³-hybridized carbons (Fsp3) is 0.462. The number of fused-ring (bicyclic) bond motifs is 1. The van der Waals surface area contributed by atoms with Gasteiger partial charge in [-0.15, -0.1) is 5.06 Å². The van der Waals surface area contributed by atoms with Crippen molar-refractivity contribution in [3.8, 4) is 0 Å². The van der Waals surface area contributed by atoms with Crippen LogP contribution in [0.2, 0.25) is 0 Å². The van der Waals surface area contributed by atoms with Crippen molar-refractivity contribution < 1.29 is 27.6 Å². The number of hydrogen-bond donors (Lipinski definition) is 1. The van der Waals surface area contributed by atoms with E-state index >= 15 is 0 Å². The maximum atomic E-state index is 13.5. The van der Waals surface area contributed by atoms with E-state index < -0.39 is 17.8 Å². The minimum absolute atomic E-state index is 0.0533. The highest BCUT2D eigenvalue weighted by Gasteiger charge is 2.33. The summed E-state index contributed by atoms with van der Waals surface area (Å²) >= 11 is 0. The number of nitrogens with zero attached hydrogens (tertiary/aromatic N) is 4. The third-order valence-electron chi connectivity index (χ3n) is 6.09. The van der Waals surface area contributed by atoms with E-state index in [0.717, 1.165) is 22.9 Å². The van der Waals surface area contributed by atoms with E-state index in [-0.39, 0.29) is 31.1 Å². The third kappa shape index (κ3) is 7.83. The molecule has 2 aromatic carbocycles. The molecule has 1 aliphatic rings. The second-order valence-corrected chi connectivity index (χ2v) is 9.44. The van der Waals surface area contributed by atoms with Crippen LogP contribution < -0.4 is 5.32 Å². The van der Waals surface area contributed by atoms with E-state index in [1.807, 2.05) is 37.2 Å². The predicted octanol–water partition coefficient (Wildman–Crippen LogP) is 3.68. The first-order chi connectivity index (χ1) is 17.5. The second-order valence-electron chi connectivity index (χ2n) is 9.44. The number of carbonyl (C=O) groups excluding carboxylic acids is 2. The molecule has 2 amide bonds. The van der Waals surface area contributed by atoms with Gasteiger partial charge in [-0.1, -0.05) is 30.3 Å². The highest BCUT2D eigenvalue weighted by molar-refractivity contribution is 5.81. The molecule has 0 spiro atoms. The molecular weight excluding hydrogens is 487 g/mol. The Morgan fingerprint density at radius 3 is 2.43 bits per heavy atom. The van der Waals surface area contributed by atoms with E-state index in [4.69, 9.17) is 4.84 Å². The smallest absolute Gasteiger partial charge is 0.376 e. The molecule has 0 saturated heterocycles. The number of benzene rings is 2. The first kappa shape index (κ1) is 28.3. The van der Waals surface area contributed by atoms with Gasteiger partial charge >= 0.3 is 12.3 Å². The summed E-state index contributed by atoms with van der Waals surface area (Å²) in [5.41, 5.74) is 2.03. The van der Waals surface area contributed by atoms with Crippen LogP contribution in [0.5, 0.6) is 0 Å². The number of halogens is 3. The van der Waals surface area contributed by atoms with Gasteiger partial charge in [-0.3, -0.25) is 4.79 Å². The standard InChI is InChI=1S/C26H34F3N5O3/c1-31(2)14-15-33(17-20-8-5-6-10-22(20)26(27,28)29)24(35)16-30-23-11-7-9-19-12-13-34(18-21(19)23)37-25(36)32(3)4/h5-11,30H,12-18H2,1-4H3. The van der Waals surface area contributed by atoms with Gasteiger partial charge in [0, 0.05) is 46.0 Å². The van der Waals surface area contributed by atoms with E-state index in [2.05, 4.69) is 5.32 Å². The summed E-state index contributed by atoms with van der Waals surface area (Å²) in [4.78, 5) is 35.3. The fourth-order valence-corrected chi connectivity index (χ4v) is 4.03. The normalized spacial score (nSPS) is 13.7. The van der Waals surface area contributed by atoms with Gasteiger partial charge in [0.25, 0.3) is 0 Å². The van der Waals surface area contributed by atoms with Gasteiger partial charge in [0.1, 0.15) is 0 Å². The lowest BCUT2D eigenvalue weighted by molar-refractivity contribution is -0.139.